The van der Waals surface area contributed by atoms with Gasteiger partial charge in [-0.05, 0) is 60.5 Å². The lowest BCUT2D eigenvalue weighted by atomic mass is 10.1. The van der Waals surface area contributed by atoms with Crippen molar-refractivity contribution in [3.05, 3.63) is 107 Å². The summed E-state index contributed by atoms with van der Waals surface area (Å²) in [5.74, 6) is 1.89. The summed E-state index contributed by atoms with van der Waals surface area (Å²) in [7, 11) is 1.62. The summed E-state index contributed by atoms with van der Waals surface area (Å²) in [4.78, 5) is 12.4. The highest BCUT2D eigenvalue weighted by Crippen LogP contribution is 2.24. The van der Waals surface area contributed by atoms with E-state index in [2.05, 4.69) is 10.4 Å². The van der Waals surface area contributed by atoms with Crippen LogP contribution in [0.15, 0.2) is 85.2 Å². The van der Waals surface area contributed by atoms with Crippen molar-refractivity contribution in [2.75, 3.05) is 12.4 Å². The number of nitrogens with one attached hydrogen (secondary N) is 1. The van der Waals surface area contributed by atoms with Crippen LogP contribution in [0.1, 0.15) is 16.7 Å². The van der Waals surface area contributed by atoms with E-state index in [1.807, 2.05) is 61.5 Å². The molecule has 0 unspecified atom stereocenters. The van der Waals surface area contributed by atoms with Crippen LogP contribution in [0.4, 0.5) is 5.69 Å². The molecule has 4 aromatic rings. The lowest BCUT2D eigenvalue weighted by Crippen LogP contribution is -2.08. The van der Waals surface area contributed by atoms with E-state index < -0.39 is 0 Å². The van der Waals surface area contributed by atoms with Crippen molar-refractivity contribution >= 4 is 29.3 Å². The Hall–Kier alpha value is -4.23. The second kappa shape index (κ2) is 12.0. The highest BCUT2D eigenvalue weighted by Gasteiger charge is 2.07. The zero-order valence-electron chi connectivity index (χ0n) is 20.0. The molecule has 1 amide bonds. The predicted molar refractivity (Wildman–Crippen MR) is 140 cm³/mol. The van der Waals surface area contributed by atoms with Gasteiger partial charge in [-0.1, -0.05) is 41.9 Å². The van der Waals surface area contributed by atoms with Crippen molar-refractivity contribution in [3.8, 4) is 17.2 Å². The number of hydrogen-bond acceptors (Lipinski definition) is 5. The SMILES string of the molecule is COc1ccc(/C=C/C(=O)Nc2cnn(COc3cccc(Cl)c3)c2)cc1COc1ccccc1C. The Morgan fingerprint density at radius 1 is 1.06 bits per heavy atom. The monoisotopic (exact) mass is 503 g/mol. The maximum Gasteiger partial charge on any atom is 0.248 e. The second-order valence-corrected chi connectivity index (χ2v) is 8.38. The molecule has 1 N–H and O–H groups in total. The highest BCUT2D eigenvalue weighted by atomic mass is 35.5. The molecule has 0 atom stereocenters. The van der Waals surface area contributed by atoms with Crippen molar-refractivity contribution in [2.24, 2.45) is 0 Å². The van der Waals surface area contributed by atoms with Gasteiger partial charge in [0.1, 0.15) is 23.9 Å². The summed E-state index contributed by atoms with van der Waals surface area (Å²) in [6.45, 7) is 2.53. The average Bonchev–Trinajstić information content (AvgIpc) is 3.33. The fourth-order valence-corrected chi connectivity index (χ4v) is 3.62. The molecule has 1 aromatic heterocycles. The van der Waals surface area contributed by atoms with Crippen molar-refractivity contribution < 1.29 is 19.0 Å². The Labute approximate surface area is 214 Å². The fourth-order valence-electron chi connectivity index (χ4n) is 3.44. The third-order valence-corrected chi connectivity index (χ3v) is 5.50. The van der Waals surface area contributed by atoms with Gasteiger partial charge in [0, 0.05) is 16.7 Å². The first-order valence-electron chi connectivity index (χ1n) is 11.3. The minimum absolute atomic E-state index is 0.186. The summed E-state index contributed by atoms with van der Waals surface area (Å²) in [5.41, 5.74) is 3.34. The van der Waals surface area contributed by atoms with Gasteiger partial charge in [-0.3, -0.25) is 4.79 Å². The van der Waals surface area contributed by atoms with E-state index >= 15 is 0 Å². The molecule has 184 valence electrons. The number of halogens is 1. The molecule has 0 spiro atoms. The van der Waals surface area contributed by atoms with Crippen LogP contribution >= 0.6 is 11.6 Å². The molecule has 8 heteroatoms. The highest BCUT2D eigenvalue weighted by molar-refractivity contribution is 6.30. The number of carbonyl (C=O) groups excluding carboxylic acids is 1. The van der Waals surface area contributed by atoms with Gasteiger partial charge in [0.05, 0.1) is 25.2 Å². The normalized spacial score (nSPS) is 10.9. The number of aryl methyl sites for hydroxylation is 1. The van der Waals surface area contributed by atoms with E-state index in [-0.39, 0.29) is 12.6 Å². The van der Waals surface area contributed by atoms with Crippen LogP contribution in [-0.4, -0.2) is 22.8 Å². The first-order chi connectivity index (χ1) is 17.5. The van der Waals surface area contributed by atoms with Gasteiger partial charge in [0.15, 0.2) is 6.73 Å². The van der Waals surface area contributed by atoms with Crippen LogP contribution in [0.25, 0.3) is 6.08 Å². The van der Waals surface area contributed by atoms with Crippen LogP contribution in [0, 0.1) is 6.92 Å². The van der Waals surface area contributed by atoms with E-state index in [0.717, 1.165) is 28.2 Å². The van der Waals surface area contributed by atoms with E-state index in [9.17, 15) is 4.79 Å². The quantitative estimate of drug-likeness (QED) is 0.264. The Morgan fingerprint density at radius 3 is 2.72 bits per heavy atom. The summed E-state index contributed by atoms with van der Waals surface area (Å²) in [6.07, 6.45) is 6.44. The molecule has 0 aliphatic carbocycles. The van der Waals surface area contributed by atoms with Gasteiger partial charge in [0.25, 0.3) is 0 Å². The smallest absolute Gasteiger partial charge is 0.248 e. The van der Waals surface area contributed by atoms with E-state index in [1.54, 1.807) is 42.4 Å². The first-order valence-corrected chi connectivity index (χ1v) is 11.6. The Balaban J connectivity index is 1.34. The molecule has 0 aliphatic rings. The van der Waals surface area contributed by atoms with Gasteiger partial charge < -0.3 is 19.5 Å². The summed E-state index contributed by atoms with van der Waals surface area (Å²) in [5, 5.41) is 7.59. The number of nitrogens with zero attached hydrogens (tertiary/aromatic N) is 2. The van der Waals surface area contributed by atoms with E-state index in [0.29, 0.717) is 23.1 Å². The number of carbonyl (C=O) groups is 1. The maximum atomic E-state index is 12.4. The molecule has 0 saturated heterocycles. The minimum atomic E-state index is -0.279. The molecule has 0 saturated carbocycles. The van der Waals surface area contributed by atoms with Crippen LogP contribution in [0.5, 0.6) is 17.2 Å². The first kappa shape index (κ1) is 24.9. The Morgan fingerprint density at radius 2 is 1.92 bits per heavy atom. The maximum absolute atomic E-state index is 12.4. The average molecular weight is 504 g/mol. The van der Waals surface area contributed by atoms with Crippen molar-refractivity contribution in [2.45, 2.75) is 20.3 Å². The number of rotatable bonds is 10. The van der Waals surface area contributed by atoms with Gasteiger partial charge in [0.2, 0.25) is 5.91 Å². The van der Waals surface area contributed by atoms with Crippen LogP contribution < -0.4 is 19.5 Å². The van der Waals surface area contributed by atoms with Gasteiger partial charge in [-0.15, -0.1) is 0 Å². The fraction of sp³-hybridized carbons (Fsp3) is 0.143. The molecule has 1 heterocycles. The number of benzene rings is 3. The van der Waals surface area contributed by atoms with Crippen molar-refractivity contribution in [3.63, 3.8) is 0 Å². The number of hydrogen-bond donors (Lipinski definition) is 1. The van der Waals surface area contributed by atoms with Crippen LogP contribution in [-0.2, 0) is 18.1 Å². The molecule has 0 aliphatic heterocycles. The topological polar surface area (TPSA) is 74.6 Å². The van der Waals surface area contributed by atoms with Gasteiger partial charge >= 0.3 is 0 Å². The van der Waals surface area contributed by atoms with Gasteiger partial charge in [-0.2, -0.15) is 5.10 Å². The largest absolute Gasteiger partial charge is 0.496 e. The zero-order chi connectivity index (χ0) is 25.3. The van der Waals surface area contributed by atoms with Gasteiger partial charge in [-0.25, -0.2) is 4.68 Å². The summed E-state index contributed by atoms with van der Waals surface area (Å²) in [6, 6.07) is 20.6. The molecule has 3 aromatic carbocycles. The third-order valence-electron chi connectivity index (χ3n) is 5.27. The standard InChI is InChI=1S/C28H26ClN3O4/c1-20-6-3-4-9-26(20)35-18-22-14-21(10-12-27(22)34-2)11-13-28(33)31-24-16-30-32(17-24)19-36-25-8-5-7-23(29)15-25/h3-17H,18-19H2,1-2H3,(H,31,33)/b13-11+. The van der Waals surface area contributed by atoms with E-state index in [4.69, 9.17) is 25.8 Å². The zero-order valence-corrected chi connectivity index (χ0v) is 20.7. The molecule has 0 fully saturated rings. The number of ether oxygens (including phenoxy) is 3. The second-order valence-electron chi connectivity index (χ2n) is 7.95. The lowest BCUT2D eigenvalue weighted by molar-refractivity contribution is -0.111. The lowest BCUT2D eigenvalue weighted by Gasteiger charge is -2.12. The van der Waals surface area contributed by atoms with Crippen LogP contribution in [0.2, 0.25) is 5.02 Å². The molecule has 4 rings (SSSR count). The van der Waals surface area contributed by atoms with E-state index in [1.165, 1.54) is 6.08 Å². The minimum Gasteiger partial charge on any atom is -0.496 e. The molecule has 36 heavy (non-hydrogen) atoms. The number of anilines is 1. The molecular weight excluding hydrogens is 478 g/mol. The molecule has 7 nitrogen and oxygen atoms in total. The van der Waals surface area contributed by atoms with Crippen LogP contribution in [0.3, 0.4) is 0 Å². The molecule has 0 radical (unpaired) electrons. The van der Waals surface area contributed by atoms with Crippen molar-refractivity contribution in [1.29, 1.82) is 0 Å². The molecular formula is C28H26ClN3O4. The predicted octanol–water partition coefficient (Wildman–Crippen LogP) is 6.12. The molecule has 0 bridgehead atoms. The third kappa shape index (κ3) is 6.90. The number of methoxy groups -OCH3 is 1. The van der Waals surface area contributed by atoms with Crippen molar-refractivity contribution in [1.82, 2.24) is 9.78 Å². The summed E-state index contributed by atoms with van der Waals surface area (Å²) < 4.78 is 18.7. The Bertz CT molecular complexity index is 1370. The number of para-hydroxylation sites is 1. The Kier molecular flexibility index (Phi) is 8.26. The number of aromatic nitrogens is 2. The number of amides is 1. The summed E-state index contributed by atoms with van der Waals surface area (Å²) >= 11 is 5.96.